The van der Waals surface area contributed by atoms with Crippen LogP contribution in [0.15, 0.2) is 18.2 Å². The molecule has 1 aliphatic rings. The summed E-state index contributed by atoms with van der Waals surface area (Å²) in [5, 5.41) is 9.86. The molecule has 0 saturated heterocycles. The highest BCUT2D eigenvalue weighted by atomic mass is 16.5. The Morgan fingerprint density at radius 3 is 2.94 bits per heavy atom. The van der Waals surface area contributed by atoms with Crippen LogP contribution in [0.4, 0.5) is 4.79 Å². The first kappa shape index (κ1) is 12.7. The van der Waals surface area contributed by atoms with Gasteiger partial charge in [0.25, 0.3) is 0 Å². The van der Waals surface area contributed by atoms with Gasteiger partial charge in [-0.15, -0.1) is 0 Å². The van der Waals surface area contributed by atoms with Gasteiger partial charge < -0.3 is 10.5 Å². The van der Waals surface area contributed by atoms with E-state index in [-0.39, 0.29) is 12.5 Å². The SMILES string of the molecule is COc1cc(C2CC2CN(O)C(N)=O)ccc1C. The van der Waals surface area contributed by atoms with E-state index < -0.39 is 6.03 Å². The van der Waals surface area contributed by atoms with Crippen molar-refractivity contribution in [3.8, 4) is 5.75 Å². The number of benzene rings is 1. The molecular weight excluding hydrogens is 232 g/mol. The smallest absolute Gasteiger partial charge is 0.338 e. The maximum atomic E-state index is 10.7. The molecule has 98 valence electrons. The summed E-state index contributed by atoms with van der Waals surface area (Å²) < 4.78 is 5.28. The predicted octanol–water partition coefficient (Wildman–Crippen LogP) is 1.88. The highest BCUT2D eigenvalue weighted by Crippen LogP contribution is 2.48. The Hall–Kier alpha value is -1.75. The fourth-order valence-electron chi connectivity index (χ4n) is 2.24. The molecule has 2 rings (SSSR count). The van der Waals surface area contributed by atoms with Crippen molar-refractivity contribution in [3.63, 3.8) is 0 Å². The number of carbonyl (C=O) groups is 1. The number of hydrogen-bond acceptors (Lipinski definition) is 3. The molecule has 0 heterocycles. The maximum absolute atomic E-state index is 10.7. The van der Waals surface area contributed by atoms with Gasteiger partial charge in [-0.1, -0.05) is 12.1 Å². The minimum absolute atomic E-state index is 0.273. The maximum Gasteiger partial charge on any atom is 0.338 e. The van der Waals surface area contributed by atoms with Gasteiger partial charge in [0.2, 0.25) is 0 Å². The van der Waals surface area contributed by atoms with Crippen LogP contribution in [-0.2, 0) is 0 Å². The first-order valence-electron chi connectivity index (χ1n) is 5.93. The molecule has 1 saturated carbocycles. The summed E-state index contributed by atoms with van der Waals surface area (Å²) >= 11 is 0. The van der Waals surface area contributed by atoms with Crippen molar-refractivity contribution in [1.82, 2.24) is 5.06 Å². The zero-order valence-corrected chi connectivity index (χ0v) is 10.6. The average molecular weight is 250 g/mol. The summed E-state index contributed by atoms with van der Waals surface area (Å²) in [6, 6.07) is 5.30. The van der Waals surface area contributed by atoms with Crippen LogP contribution >= 0.6 is 0 Å². The van der Waals surface area contributed by atoms with E-state index in [0.717, 1.165) is 17.7 Å². The van der Waals surface area contributed by atoms with Crippen LogP contribution in [-0.4, -0.2) is 30.0 Å². The van der Waals surface area contributed by atoms with Crippen LogP contribution in [0.2, 0.25) is 0 Å². The van der Waals surface area contributed by atoms with E-state index in [2.05, 4.69) is 6.07 Å². The summed E-state index contributed by atoms with van der Waals surface area (Å²) in [6.45, 7) is 2.28. The van der Waals surface area contributed by atoms with Crippen LogP contribution < -0.4 is 10.5 Å². The number of ether oxygens (including phenoxy) is 1. The highest BCUT2D eigenvalue weighted by molar-refractivity contribution is 5.70. The van der Waals surface area contributed by atoms with E-state index in [1.807, 2.05) is 19.1 Å². The summed E-state index contributed by atoms with van der Waals surface area (Å²) in [7, 11) is 1.65. The zero-order valence-electron chi connectivity index (χ0n) is 10.6. The summed E-state index contributed by atoms with van der Waals surface area (Å²) in [4.78, 5) is 10.7. The Morgan fingerprint density at radius 2 is 2.33 bits per heavy atom. The fraction of sp³-hybridized carbons (Fsp3) is 0.462. The molecule has 1 aromatic carbocycles. The first-order valence-corrected chi connectivity index (χ1v) is 5.93. The molecule has 0 spiro atoms. The van der Waals surface area contributed by atoms with Gasteiger partial charge in [-0.05, 0) is 42.4 Å². The Labute approximate surface area is 106 Å². The van der Waals surface area contributed by atoms with E-state index in [4.69, 9.17) is 10.5 Å². The number of hydrogen-bond donors (Lipinski definition) is 2. The molecule has 0 aliphatic heterocycles. The zero-order chi connectivity index (χ0) is 13.3. The van der Waals surface area contributed by atoms with E-state index >= 15 is 0 Å². The van der Waals surface area contributed by atoms with Crippen molar-refractivity contribution in [2.75, 3.05) is 13.7 Å². The normalized spacial score (nSPS) is 21.5. The third kappa shape index (κ3) is 2.56. The van der Waals surface area contributed by atoms with Crippen molar-refractivity contribution in [2.24, 2.45) is 11.7 Å². The predicted molar refractivity (Wildman–Crippen MR) is 66.7 cm³/mol. The number of carbonyl (C=O) groups excluding carboxylic acids is 1. The average Bonchev–Trinajstić information content (AvgIpc) is 3.08. The van der Waals surface area contributed by atoms with Crippen molar-refractivity contribution in [1.29, 1.82) is 0 Å². The standard InChI is InChI=1S/C13H18N2O3/c1-8-3-4-9(6-12(8)18-2)11-5-10(11)7-15(17)13(14)16/h3-4,6,10-11,17H,5,7H2,1-2H3,(H2,14,16). The molecule has 1 fully saturated rings. The van der Waals surface area contributed by atoms with E-state index in [1.165, 1.54) is 5.56 Å². The first-order chi connectivity index (χ1) is 8.52. The number of nitrogens with two attached hydrogens (primary N) is 1. The van der Waals surface area contributed by atoms with Gasteiger partial charge in [-0.25, -0.2) is 9.86 Å². The van der Waals surface area contributed by atoms with Crippen molar-refractivity contribution >= 4 is 6.03 Å². The second kappa shape index (κ2) is 4.86. The van der Waals surface area contributed by atoms with Crippen molar-refractivity contribution in [2.45, 2.75) is 19.3 Å². The largest absolute Gasteiger partial charge is 0.496 e. The molecule has 18 heavy (non-hydrogen) atoms. The van der Waals surface area contributed by atoms with Gasteiger partial charge >= 0.3 is 6.03 Å². The number of rotatable bonds is 4. The molecule has 1 aliphatic carbocycles. The van der Waals surface area contributed by atoms with Gasteiger partial charge in [0.1, 0.15) is 5.75 Å². The molecule has 3 N–H and O–H groups in total. The Bertz CT molecular complexity index is 462. The van der Waals surface area contributed by atoms with Gasteiger partial charge in [0.05, 0.1) is 13.7 Å². The number of aryl methyl sites for hydroxylation is 1. The van der Waals surface area contributed by atoms with Gasteiger partial charge in [-0.3, -0.25) is 5.21 Å². The topological polar surface area (TPSA) is 75.8 Å². The number of methoxy groups -OCH3 is 1. The monoisotopic (exact) mass is 250 g/mol. The van der Waals surface area contributed by atoms with Gasteiger partial charge in [0, 0.05) is 0 Å². The molecule has 5 heteroatoms. The lowest BCUT2D eigenvalue weighted by molar-refractivity contribution is -0.0431. The van der Waals surface area contributed by atoms with Crippen LogP contribution in [0, 0.1) is 12.8 Å². The molecule has 2 unspecified atom stereocenters. The summed E-state index contributed by atoms with van der Waals surface area (Å²) in [5.74, 6) is 1.51. The molecule has 5 nitrogen and oxygen atoms in total. The quantitative estimate of drug-likeness (QED) is 0.632. The number of nitrogens with zero attached hydrogens (tertiary/aromatic N) is 1. The second-order valence-electron chi connectivity index (χ2n) is 4.75. The number of primary amides is 1. The Balaban J connectivity index is 2.01. The molecule has 0 aromatic heterocycles. The highest BCUT2D eigenvalue weighted by Gasteiger charge is 2.40. The van der Waals surface area contributed by atoms with Crippen LogP contribution in [0.5, 0.6) is 5.75 Å². The number of urea groups is 1. The second-order valence-corrected chi connectivity index (χ2v) is 4.75. The number of hydroxylamine groups is 2. The molecule has 0 bridgehead atoms. The molecule has 2 atom stereocenters. The van der Waals surface area contributed by atoms with Crippen LogP contribution in [0.25, 0.3) is 0 Å². The Kier molecular flexibility index (Phi) is 3.43. The molecular formula is C13H18N2O3. The van der Waals surface area contributed by atoms with Gasteiger partial charge in [-0.2, -0.15) is 0 Å². The number of amides is 2. The fourth-order valence-corrected chi connectivity index (χ4v) is 2.24. The molecule has 0 radical (unpaired) electrons. The molecule has 2 amide bonds. The van der Waals surface area contributed by atoms with Crippen molar-refractivity contribution in [3.05, 3.63) is 29.3 Å². The van der Waals surface area contributed by atoms with Crippen molar-refractivity contribution < 1.29 is 14.7 Å². The van der Waals surface area contributed by atoms with E-state index in [9.17, 15) is 10.0 Å². The lowest BCUT2D eigenvalue weighted by Crippen LogP contribution is -2.34. The summed E-state index contributed by atoms with van der Waals surface area (Å²) in [6.07, 6.45) is 0.955. The lowest BCUT2D eigenvalue weighted by atomic mass is 10.1. The Morgan fingerprint density at radius 1 is 1.61 bits per heavy atom. The summed E-state index contributed by atoms with van der Waals surface area (Å²) in [5.41, 5.74) is 7.26. The minimum atomic E-state index is -0.804. The van der Waals surface area contributed by atoms with E-state index in [1.54, 1.807) is 7.11 Å². The third-order valence-electron chi connectivity index (χ3n) is 3.44. The molecule has 1 aromatic rings. The third-order valence-corrected chi connectivity index (χ3v) is 3.44. The minimum Gasteiger partial charge on any atom is -0.496 e. The van der Waals surface area contributed by atoms with Crippen LogP contribution in [0.3, 0.4) is 0 Å². The van der Waals surface area contributed by atoms with E-state index in [0.29, 0.717) is 11.0 Å². The van der Waals surface area contributed by atoms with Crippen LogP contribution in [0.1, 0.15) is 23.5 Å². The van der Waals surface area contributed by atoms with Gasteiger partial charge in [0.15, 0.2) is 0 Å². The lowest BCUT2D eigenvalue weighted by Gasteiger charge is -2.11.